The van der Waals surface area contributed by atoms with Gasteiger partial charge < -0.3 is 9.47 Å². The molecule has 1 aliphatic rings. The molecule has 0 unspecified atom stereocenters. The molecular weight excluding hydrogens is 342 g/mol. The van der Waals surface area contributed by atoms with Crippen molar-refractivity contribution in [2.45, 2.75) is 46.1 Å². The minimum Gasteiger partial charge on any atom is -0.460 e. The summed E-state index contributed by atoms with van der Waals surface area (Å²) in [6.45, 7) is 5.94. The smallest absolute Gasteiger partial charge is 0.349 e. The van der Waals surface area contributed by atoms with E-state index in [0.717, 1.165) is 19.3 Å². The first-order valence-corrected chi connectivity index (χ1v) is 9.44. The van der Waals surface area contributed by atoms with Crippen molar-refractivity contribution >= 4 is 18.0 Å². The maximum atomic E-state index is 12.2. The summed E-state index contributed by atoms with van der Waals surface area (Å²) in [6.07, 6.45) is 4.30. The molecule has 1 aliphatic carbocycles. The Hall–Kier alpha value is -2.61. The van der Waals surface area contributed by atoms with Crippen molar-refractivity contribution in [3.8, 4) is 6.07 Å². The second-order valence-electron chi connectivity index (χ2n) is 7.51. The van der Waals surface area contributed by atoms with Crippen LogP contribution in [0.2, 0.25) is 0 Å². The van der Waals surface area contributed by atoms with E-state index in [1.54, 1.807) is 24.3 Å². The Balaban J connectivity index is 1.91. The van der Waals surface area contributed by atoms with Crippen molar-refractivity contribution in [2.24, 2.45) is 17.8 Å². The molecule has 0 aliphatic heterocycles. The van der Waals surface area contributed by atoms with Crippen LogP contribution in [0.5, 0.6) is 0 Å². The molecule has 0 N–H and O–H groups in total. The molecule has 1 aromatic carbocycles. The highest BCUT2D eigenvalue weighted by Crippen LogP contribution is 2.35. The highest BCUT2D eigenvalue weighted by molar-refractivity contribution is 5.98. The summed E-state index contributed by atoms with van der Waals surface area (Å²) < 4.78 is 10.6. The van der Waals surface area contributed by atoms with Crippen molar-refractivity contribution < 1.29 is 19.1 Å². The maximum absolute atomic E-state index is 12.2. The zero-order valence-electron chi connectivity index (χ0n) is 16.2. The van der Waals surface area contributed by atoms with Crippen LogP contribution in [0.15, 0.2) is 35.9 Å². The monoisotopic (exact) mass is 369 g/mol. The summed E-state index contributed by atoms with van der Waals surface area (Å²) in [5.74, 6) is -0.120. The average molecular weight is 369 g/mol. The Labute approximate surface area is 161 Å². The summed E-state index contributed by atoms with van der Waals surface area (Å²) in [5, 5.41) is 9.17. The summed E-state index contributed by atoms with van der Waals surface area (Å²) in [6, 6.07) is 10.8. The molecule has 0 saturated heterocycles. The normalized spacial score (nSPS) is 22.8. The summed E-state index contributed by atoms with van der Waals surface area (Å²) in [7, 11) is 0. The van der Waals surface area contributed by atoms with Crippen molar-refractivity contribution in [2.75, 3.05) is 6.61 Å². The third kappa shape index (κ3) is 6.25. The number of rotatable bonds is 6. The van der Waals surface area contributed by atoms with Crippen LogP contribution in [0, 0.1) is 29.1 Å². The Morgan fingerprint density at radius 1 is 1.26 bits per heavy atom. The number of esters is 2. The van der Waals surface area contributed by atoms with E-state index < -0.39 is 18.5 Å². The Bertz CT molecular complexity index is 718. The van der Waals surface area contributed by atoms with Crippen molar-refractivity contribution in [1.29, 1.82) is 5.26 Å². The largest absolute Gasteiger partial charge is 0.460 e. The van der Waals surface area contributed by atoms with E-state index in [4.69, 9.17) is 9.47 Å². The average Bonchev–Trinajstić information content (AvgIpc) is 2.64. The zero-order chi connectivity index (χ0) is 19.8. The summed E-state index contributed by atoms with van der Waals surface area (Å²) in [5.41, 5.74) is 0.560. The van der Waals surface area contributed by atoms with E-state index in [-0.39, 0.29) is 11.7 Å². The van der Waals surface area contributed by atoms with Crippen LogP contribution in [0.4, 0.5) is 0 Å². The second kappa shape index (κ2) is 9.91. The molecule has 5 heteroatoms. The molecular formula is C22H27NO4. The molecule has 0 radical (unpaired) electrons. The molecule has 5 nitrogen and oxygen atoms in total. The van der Waals surface area contributed by atoms with E-state index in [9.17, 15) is 14.9 Å². The van der Waals surface area contributed by atoms with Crippen LogP contribution >= 0.6 is 0 Å². The van der Waals surface area contributed by atoms with Gasteiger partial charge in [-0.3, -0.25) is 0 Å². The fourth-order valence-corrected chi connectivity index (χ4v) is 3.51. The topological polar surface area (TPSA) is 76.4 Å². The Kier molecular flexibility index (Phi) is 7.60. The van der Waals surface area contributed by atoms with E-state index in [1.165, 1.54) is 6.08 Å². The molecule has 144 valence electrons. The fraction of sp³-hybridized carbons (Fsp3) is 0.500. The number of hydrogen-bond donors (Lipinski definition) is 0. The summed E-state index contributed by atoms with van der Waals surface area (Å²) >= 11 is 0. The first kappa shape index (κ1) is 20.7. The third-order valence-electron chi connectivity index (χ3n) is 5.02. The Morgan fingerprint density at radius 2 is 1.96 bits per heavy atom. The molecule has 1 aromatic rings. The number of hydrogen-bond acceptors (Lipinski definition) is 5. The number of carbonyl (C=O) groups excluding carboxylic acids is 2. The minimum absolute atomic E-state index is 0.143. The predicted molar refractivity (Wildman–Crippen MR) is 102 cm³/mol. The van der Waals surface area contributed by atoms with E-state index >= 15 is 0 Å². The van der Waals surface area contributed by atoms with Crippen LogP contribution in [0.3, 0.4) is 0 Å². The first-order valence-electron chi connectivity index (χ1n) is 9.44. The summed E-state index contributed by atoms with van der Waals surface area (Å²) in [4.78, 5) is 24.2. The molecule has 0 spiro atoms. The number of nitriles is 1. The van der Waals surface area contributed by atoms with Gasteiger partial charge in [-0.05, 0) is 42.2 Å². The van der Waals surface area contributed by atoms with E-state index in [2.05, 4.69) is 20.8 Å². The predicted octanol–water partition coefficient (Wildman–Crippen LogP) is 4.14. The van der Waals surface area contributed by atoms with Crippen LogP contribution in [-0.2, 0) is 19.1 Å². The van der Waals surface area contributed by atoms with Gasteiger partial charge in [-0.15, -0.1) is 0 Å². The first-order chi connectivity index (χ1) is 12.9. The Morgan fingerprint density at radius 3 is 2.59 bits per heavy atom. The number of nitrogens with zero attached hydrogens (tertiary/aromatic N) is 1. The molecule has 0 bridgehead atoms. The zero-order valence-corrected chi connectivity index (χ0v) is 16.2. The maximum Gasteiger partial charge on any atom is 0.349 e. The molecule has 0 aromatic heterocycles. The van der Waals surface area contributed by atoms with E-state index in [1.807, 2.05) is 12.1 Å². The SMILES string of the molecule is CC(C)[C@@H]1CC[C@@H](C)C[C@H]1OC(=O)COC(=O)/C(C#N)=C/c1ccccc1. The van der Waals surface area contributed by atoms with Crippen molar-refractivity contribution in [1.82, 2.24) is 0 Å². The highest BCUT2D eigenvalue weighted by Gasteiger charge is 2.33. The third-order valence-corrected chi connectivity index (χ3v) is 5.02. The lowest BCUT2D eigenvalue weighted by Gasteiger charge is -2.36. The molecule has 1 fully saturated rings. The standard InChI is InChI=1S/C22H27NO4/c1-15(2)19-10-9-16(3)11-20(19)27-21(24)14-26-22(25)18(13-23)12-17-7-5-4-6-8-17/h4-8,12,15-16,19-20H,9-11,14H2,1-3H3/b18-12+/t16-,19+,20-/m1/s1. The number of carbonyl (C=O) groups is 2. The lowest BCUT2D eigenvalue weighted by molar-refractivity contribution is -0.165. The molecule has 1 saturated carbocycles. The molecule has 27 heavy (non-hydrogen) atoms. The van der Waals surface area contributed by atoms with Gasteiger partial charge in [0.25, 0.3) is 0 Å². The minimum atomic E-state index is -0.823. The highest BCUT2D eigenvalue weighted by atomic mass is 16.6. The van der Waals surface area contributed by atoms with Crippen LogP contribution in [0.25, 0.3) is 6.08 Å². The molecule has 0 heterocycles. The van der Waals surface area contributed by atoms with Gasteiger partial charge in [0.2, 0.25) is 0 Å². The number of ether oxygens (including phenoxy) is 2. The van der Waals surface area contributed by atoms with Gasteiger partial charge in [-0.25, -0.2) is 9.59 Å². The van der Waals surface area contributed by atoms with Crippen LogP contribution in [-0.4, -0.2) is 24.6 Å². The van der Waals surface area contributed by atoms with Gasteiger partial charge in [0, 0.05) is 0 Å². The second-order valence-corrected chi connectivity index (χ2v) is 7.51. The molecule has 2 rings (SSSR count). The van der Waals surface area contributed by atoms with Gasteiger partial charge in [0.05, 0.1) is 0 Å². The lowest BCUT2D eigenvalue weighted by atomic mass is 9.75. The van der Waals surface area contributed by atoms with Crippen LogP contribution < -0.4 is 0 Å². The number of benzene rings is 1. The quantitative estimate of drug-likeness (QED) is 0.428. The van der Waals surface area contributed by atoms with Crippen molar-refractivity contribution in [3.05, 3.63) is 41.5 Å². The van der Waals surface area contributed by atoms with Crippen LogP contribution in [0.1, 0.15) is 45.6 Å². The van der Waals surface area contributed by atoms with Crippen molar-refractivity contribution in [3.63, 3.8) is 0 Å². The van der Waals surface area contributed by atoms with Gasteiger partial charge in [-0.2, -0.15) is 5.26 Å². The lowest BCUT2D eigenvalue weighted by Crippen LogP contribution is -2.36. The molecule has 3 atom stereocenters. The van der Waals surface area contributed by atoms with Gasteiger partial charge in [0.15, 0.2) is 6.61 Å². The molecule has 0 amide bonds. The fourth-order valence-electron chi connectivity index (χ4n) is 3.51. The van der Waals surface area contributed by atoms with Gasteiger partial charge >= 0.3 is 11.9 Å². The van der Waals surface area contributed by atoms with Gasteiger partial charge in [0.1, 0.15) is 17.7 Å². The van der Waals surface area contributed by atoms with Gasteiger partial charge in [-0.1, -0.05) is 57.5 Å². The van der Waals surface area contributed by atoms with E-state index in [0.29, 0.717) is 23.3 Å².